The number of amides is 1. The molecular formula is C13H18N2O. The van der Waals surface area contributed by atoms with Gasteiger partial charge in [-0.2, -0.15) is 0 Å². The van der Waals surface area contributed by atoms with Crippen LogP contribution in [0.1, 0.15) is 36.6 Å². The summed E-state index contributed by atoms with van der Waals surface area (Å²) in [6.07, 6.45) is 0. The van der Waals surface area contributed by atoms with Gasteiger partial charge in [0, 0.05) is 12.0 Å². The Kier molecular flexibility index (Phi) is 2.50. The smallest absolute Gasteiger partial charge is 0.239 e. The number of rotatable bonds is 1. The van der Waals surface area contributed by atoms with Crippen LogP contribution in [0.15, 0.2) is 18.2 Å². The van der Waals surface area contributed by atoms with Gasteiger partial charge >= 0.3 is 0 Å². The van der Waals surface area contributed by atoms with E-state index in [1.165, 1.54) is 5.56 Å². The van der Waals surface area contributed by atoms with E-state index in [0.29, 0.717) is 0 Å². The molecule has 3 heteroatoms. The summed E-state index contributed by atoms with van der Waals surface area (Å²) in [6.45, 7) is 7.15. The molecule has 0 saturated heterocycles. The van der Waals surface area contributed by atoms with Crippen molar-refractivity contribution < 1.29 is 4.79 Å². The van der Waals surface area contributed by atoms with Crippen molar-refractivity contribution in [3.05, 3.63) is 34.9 Å². The van der Waals surface area contributed by atoms with Crippen LogP contribution in [0.25, 0.3) is 0 Å². The number of fused-ring (bicyclic) bond motifs is 1. The highest BCUT2D eigenvalue weighted by Crippen LogP contribution is 2.34. The summed E-state index contributed by atoms with van der Waals surface area (Å²) in [6, 6.07) is 5.91. The van der Waals surface area contributed by atoms with Gasteiger partial charge in [0.05, 0.1) is 0 Å². The second kappa shape index (κ2) is 3.59. The van der Waals surface area contributed by atoms with Crippen molar-refractivity contribution in [2.45, 2.75) is 32.2 Å². The van der Waals surface area contributed by atoms with E-state index in [-0.39, 0.29) is 17.4 Å². The lowest BCUT2D eigenvalue weighted by Gasteiger charge is -2.37. The molecule has 0 radical (unpaired) electrons. The van der Waals surface area contributed by atoms with E-state index in [4.69, 9.17) is 5.73 Å². The van der Waals surface area contributed by atoms with E-state index < -0.39 is 0 Å². The van der Waals surface area contributed by atoms with Crippen molar-refractivity contribution >= 4 is 5.91 Å². The minimum atomic E-state index is -0.345. The zero-order valence-electron chi connectivity index (χ0n) is 10.0. The molecule has 1 aromatic carbocycles. The highest BCUT2D eigenvalue weighted by molar-refractivity contribution is 5.82. The van der Waals surface area contributed by atoms with Crippen molar-refractivity contribution in [3.63, 3.8) is 0 Å². The summed E-state index contributed by atoms with van der Waals surface area (Å²) < 4.78 is 0. The predicted octanol–water partition coefficient (Wildman–Crippen LogP) is 1.40. The maximum absolute atomic E-state index is 11.4. The Labute approximate surface area is 96.0 Å². The highest BCUT2D eigenvalue weighted by atomic mass is 16.1. The van der Waals surface area contributed by atoms with Crippen LogP contribution < -0.4 is 11.1 Å². The summed E-state index contributed by atoms with van der Waals surface area (Å²) in [5, 5.41) is 3.22. The normalized spacial score (nSPS) is 22.6. The molecular weight excluding hydrogens is 200 g/mol. The molecule has 1 aliphatic heterocycles. The number of primary amides is 1. The molecule has 3 nitrogen and oxygen atoms in total. The molecule has 0 aromatic heterocycles. The third kappa shape index (κ3) is 1.71. The SMILES string of the molecule is Cc1ccc2c(c1)C(C(N)=O)NCC2(C)C. The molecule has 1 aliphatic rings. The van der Waals surface area contributed by atoms with Gasteiger partial charge in [0.1, 0.15) is 6.04 Å². The number of benzene rings is 1. The molecule has 3 N–H and O–H groups in total. The molecule has 0 fully saturated rings. The molecule has 0 saturated carbocycles. The van der Waals surface area contributed by atoms with Gasteiger partial charge in [0.15, 0.2) is 0 Å². The van der Waals surface area contributed by atoms with Crippen molar-refractivity contribution in [3.8, 4) is 0 Å². The summed E-state index contributed by atoms with van der Waals surface area (Å²) in [5.41, 5.74) is 8.88. The Morgan fingerprint density at radius 1 is 1.50 bits per heavy atom. The Morgan fingerprint density at radius 3 is 2.81 bits per heavy atom. The molecule has 2 rings (SSSR count). The topological polar surface area (TPSA) is 55.1 Å². The standard InChI is InChI=1S/C13H18N2O/c1-8-4-5-10-9(6-8)11(12(14)16)15-7-13(10,2)3/h4-6,11,15H,7H2,1-3H3,(H2,14,16). The average Bonchev–Trinajstić information content (AvgIpc) is 2.16. The van der Waals surface area contributed by atoms with Crippen molar-refractivity contribution in [1.82, 2.24) is 5.32 Å². The van der Waals surface area contributed by atoms with Gasteiger partial charge in [0.2, 0.25) is 5.91 Å². The lowest BCUT2D eigenvalue weighted by Crippen LogP contribution is -2.46. The van der Waals surface area contributed by atoms with Gasteiger partial charge in [0.25, 0.3) is 0 Å². The van der Waals surface area contributed by atoms with E-state index >= 15 is 0 Å². The first-order chi connectivity index (χ1) is 7.42. The second-order valence-electron chi connectivity index (χ2n) is 5.19. The van der Waals surface area contributed by atoms with Crippen LogP contribution in [0.4, 0.5) is 0 Å². The maximum atomic E-state index is 11.4. The summed E-state index contributed by atoms with van der Waals surface area (Å²) in [7, 11) is 0. The minimum Gasteiger partial charge on any atom is -0.368 e. The van der Waals surface area contributed by atoms with Crippen LogP contribution in [-0.4, -0.2) is 12.5 Å². The van der Waals surface area contributed by atoms with Gasteiger partial charge in [-0.15, -0.1) is 0 Å². The molecule has 1 heterocycles. The fourth-order valence-corrected chi connectivity index (χ4v) is 2.35. The van der Waals surface area contributed by atoms with Gasteiger partial charge in [-0.25, -0.2) is 0 Å². The molecule has 1 aromatic rings. The van der Waals surface area contributed by atoms with E-state index in [1.54, 1.807) is 0 Å². The minimum absolute atomic E-state index is 0.0506. The van der Waals surface area contributed by atoms with Crippen LogP contribution >= 0.6 is 0 Å². The highest BCUT2D eigenvalue weighted by Gasteiger charge is 2.34. The molecule has 1 atom stereocenters. The Hall–Kier alpha value is -1.35. The monoisotopic (exact) mass is 218 g/mol. The lowest BCUT2D eigenvalue weighted by molar-refractivity contribution is -0.120. The lowest BCUT2D eigenvalue weighted by atomic mass is 9.76. The van der Waals surface area contributed by atoms with Gasteiger partial charge < -0.3 is 11.1 Å². The molecule has 0 bridgehead atoms. The number of nitrogens with two attached hydrogens (primary N) is 1. The number of carbonyl (C=O) groups is 1. The van der Waals surface area contributed by atoms with Crippen LogP contribution in [0.5, 0.6) is 0 Å². The summed E-state index contributed by atoms with van der Waals surface area (Å²) in [4.78, 5) is 11.4. The van der Waals surface area contributed by atoms with Crippen molar-refractivity contribution in [2.24, 2.45) is 5.73 Å². The van der Waals surface area contributed by atoms with E-state index in [0.717, 1.165) is 17.7 Å². The van der Waals surface area contributed by atoms with E-state index in [2.05, 4.69) is 37.4 Å². The second-order valence-corrected chi connectivity index (χ2v) is 5.19. The maximum Gasteiger partial charge on any atom is 0.239 e. The predicted molar refractivity (Wildman–Crippen MR) is 64.1 cm³/mol. The largest absolute Gasteiger partial charge is 0.368 e. The zero-order chi connectivity index (χ0) is 11.9. The fourth-order valence-electron chi connectivity index (χ4n) is 2.35. The number of hydrogen-bond donors (Lipinski definition) is 2. The van der Waals surface area contributed by atoms with Crippen LogP contribution in [0.2, 0.25) is 0 Å². The molecule has 16 heavy (non-hydrogen) atoms. The van der Waals surface area contributed by atoms with E-state index in [9.17, 15) is 4.79 Å². The third-order valence-electron chi connectivity index (χ3n) is 3.28. The fraction of sp³-hybridized carbons (Fsp3) is 0.462. The molecule has 0 aliphatic carbocycles. The van der Waals surface area contributed by atoms with Crippen LogP contribution in [0, 0.1) is 6.92 Å². The Bertz CT molecular complexity index is 438. The van der Waals surface area contributed by atoms with Gasteiger partial charge in [-0.05, 0) is 18.1 Å². The number of carbonyl (C=O) groups excluding carboxylic acids is 1. The molecule has 1 amide bonds. The summed E-state index contributed by atoms with van der Waals surface area (Å²) in [5.74, 6) is -0.303. The van der Waals surface area contributed by atoms with Crippen molar-refractivity contribution in [2.75, 3.05) is 6.54 Å². The van der Waals surface area contributed by atoms with Gasteiger partial charge in [-0.3, -0.25) is 4.79 Å². The number of nitrogens with one attached hydrogen (secondary N) is 1. The van der Waals surface area contributed by atoms with Crippen LogP contribution in [0.3, 0.4) is 0 Å². The first kappa shape index (κ1) is 11.1. The average molecular weight is 218 g/mol. The molecule has 0 spiro atoms. The quantitative estimate of drug-likeness (QED) is 0.748. The van der Waals surface area contributed by atoms with E-state index in [1.807, 2.05) is 6.92 Å². The van der Waals surface area contributed by atoms with Gasteiger partial charge in [-0.1, -0.05) is 37.6 Å². The summed E-state index contributed by atoms with van der Waals surface area (Å²) >= 11 is 0. The van der Waals surface area contributed by atoms with Crippen molar-refractivity contribution in [1.29, 1.82) is 0 Å². The van der Waals surface area contributed by atoms with Crippen LogP contribution in [-0.2, 0) is 10.2 Å². The first-order valence-electron chi connectivity index (χ1n) is 5.55. The third-order valence-corrected chi connectivity index (χ3v) is 3.28. The number of hydrogen-bond acceptors (Lipinski definition) is 2. The Balaban J connectivity index is 2.58. The zero-order valence-corrected chi connectivity index (χ0v) is 10.0. The first-order valence-corrected chi connectivity index (χ1v) is 5.55. The molecule has 86 valence electrons. The molecule has 1 unspecified atom stereocenters. The number of aryl methyl sites for hydroxylation is 1. The Morgan fingerprint density at radius 2 is 2.19 bits per heavy atom.